The number of rotatable bonds is 7. The highest BCUT2D eigenvalue weighted by Crippen LogP contribution is 2.28. The standard InChI is InChI=1S/C15H23ClO/c1-4-5-6-7-10-17-15-9-8-13(12(2)3)11-14(15)16/h8-9,11-12H,4-7,10H2,1-3H3. The molecule has 0 fully saturated rings. The third-order valence-corrected chi connectivity index (χ3v) is 3.17. The van der Waals surface area contributed by atoms with Crippen LogP contribution in [-0.4, -0.2) is 6.61 Å². The minimum Gasteiger partial charge on any atom is -0.492 e. The Morgan fingerprint density at radius 1 is 1.18 bits per heavy atom. The number of halogens is 1. The van der Waals surface area contributed by atoms with Crippen LogP contribution < -0.4 is 4.74 Å². The zero-order valence-corrected chi connectivity index (χ0v) is 11.9. The first-order valence-corrected chi connectivity index (χ1v) is 6.95. The summed E-state index contributed by atoms with van der Waals surface area (Å²) in [7, 11) is 0. The normalized spacial score (nSPS) is 10.9. The van der Waals surface area contributed by atoms with Gasteiger partial charge in [-0.15, -0.1) is 0 Å². The van der Waals surface area contributed by atoms with Crippen molar-refractivity contribution in [3.63, 3.8) is 0 Å². The van der Waals surface area contributed by atoms with Gasteiger partial charge in [0.1, 0.15) is 5.75 Å². The fraction of sp³-hybridized carbons (Fsp3) is 0.600. The second kappa shape index (κ2) is 7.60. The minimum atomic E-state index is 0.506. The Hall–Kier alpha value is -0.690. The molecule has 0 saturated carbocycles. The summed E-state index contributed by atoms with van der Waals surface area (Å²) in [5, 5.41) is 0.728. The second-order valence-corrected chi connectivity index (χ2v) is 5.16. The Bertz CT molecular complexity index is 334. The van der Waals surface area contributed by atoms with Gasteiger partial charge in [-0.3, -0.25) is 0 Å². The molecule has 1 nitrogen and oxygen atoms in total. The van der Waals surface area contributed by atoms with Gasteiger partial charge in [0.25, 0.3) is 0 Å². The molecule has 0 aromatic heterocycles. The van der Waals surface area contributed by atoms with E-state index in [1.165, 1.54) is 24.8 Å². The molecular weight excluding hydrogens is 232 g/mol. The van der Waals surface area contributed by atoms with Crippen molar-refractivity contribution in [2.45, 2.75) is 52.4 Å². The van der Waals surface area contributed by atoms with Gasteiger partial charge in [0.15, 0.2) is 0 Å². The highest BCUT2D eigenvalue weighted by Gasteiger charge is 2.05. The number of hydrogen-bond donors (Lipinski definition) is 0. The zero-order chi connectivity index (χ0) is 12.7. The van der Waals surface area contributed by atoms with Gasteiger partial charge in [0.05, 0.1) is 11.6 Å². The lowest BCUT2D eigenvalue weighted by Gasteiger charge is -2.11. The summed E-state index contributed by atoms with van der Waals surface area (Å²) in [5.41, 5.74) is 1.26. The molecule has 0 unspecified atom stereocenters. The van der Waals surface area contributed by atoms with Gasteiger partial charge >= 0.3 is 0 Å². The molecule has 0 saturated heterocycles. The van der Waals surface area contributed by atoms with E-state index < -0.39 is 0 Å². The number of unbranched alkanes of at least 4 members (excludes halogenated alkanes) is 3. The monoisotopic (exact) mass is 254 g/mol. The van der Waals surface area contributed by atoms with E-state index in [0.717, 1.165) is 23.8 Å². The lowest BCUT2D eigenvalue weighted by Crippen LogP contribution is -1.98. The summed E-state index contributed by atoms with van der Waals surface area (Å²) >= 11 is 6.19. The van der Waals surface area contributed by atoms with Gasteiger partial charge in [-0.1, -0.05) is 57.7 Å². The van der Waals surface area contributed by atoms with E-state index in [1.807, 2.05) is 12.1 Å². The van der Waals surface area contributed by atoms with Crippen LogP contribution in [0, 0.1) is 0 Å². The molecule has 0 aliphatic carbocycles. The molecule has 0 atom stereocenters. The maximum Gasteiger partial charge on any atom is 0.137 e. The highest BCUT2D eigenvalue weighted by atomic mass is 35.5. The van der Waals surface area contributed by atoms with Crippen molar-refractivity contribution in [1.29, 1.82) is 0 Å². The first-order chi connectivity index (χ1) is 8.15. The van der Waals surface area contributed by atoms with Crippen LogP contribution in [0.15, 0.2) is 18.2 Å². The Morgan fingerprint density at radius 2 is 1.94 bits per heavy atom. The zero-order valence-electron chi connectivity index (χ0n) is 11.1. The third kappa shape index (κ3) is 4.99. The van der Waals surface area contributed by atoms with Gasteiger partial charge in [-0.25, -0.2) is 0 Å². The smallest absolute Gasteiger partial charge is 0.137 e. The van der Waals surface area contributed by atoms with E-state index in [-0.39, 0.29) is 0 Å². The fourth-order valence-corrected chi connectivity index (χ4v) is 1.95. The van der Waals surface area contributed by atoms with E-state index in [9.17, 15) is 0 Å². The average molecular weight is 255 g/mol. The highest BCUT2D eigenvalue weighted by molar-refractivity contribution is 6.32. The summed E-state index contributed by atoms with van der Waals surface area (Å²) in [6, 6.07) is 6.09. The van der Waals surface area contributed by atoms with E-state index in [0.29, 0.717) is 5.92 Å². The molecule has 1 aromatic carbocycles. The number of hydrogen-bond acceptors (Lipinski definition) is 1. The largest absolute Gasteiger partial charge is 0.492 e. The van der Waals surface area contributed by atoms with Crippen LogP contribution in [0.3, 0.4) is 0 Å². The van der Waals surface area contributed by atoms with Crippen molar-refractivity contribution < 1.29 is 4.74 Å². The molecule has 0 N–H and O–H groups in total. The summed E-state index contributed by atoms with van der Waals surface area (Å²) in [5.74, 6) is 1.32. The maximum absolute atomic E-state index is 6.19. The quantitative estimate of drug-likeness (QED) is 0.590. The number of ether oxygens (including phenoxy) is 1. The summed E-state index contributed by atoms with van der Waals surface area (Å²) in [6.07, 6.45) is 4.88. The van der Waals surface area contributed by atoms with Crippen LogP contribution in [0.1, 0.15) is 57.9 Å². The lowest BCUT2D eigenvalue weighted by atomic mass is 10.0. The number of benzene rings is 1. The van der Waals surface area contributed by atoms with Crippen LogP contribution in [0.5, 0.6) is 5.75 Å². The first kappa shape index (κ1) is 14.4. The SMILES string of the molecule is CCCCCCOc1ccc(C(C)C)cc1Cl. The Kier molecular flexibility index (Phi) is 6.43. The molecule has 1 aromatic rings. The van der Waals surface area contributed by atoms with E-state index in [1.54, 1.807) is 0 Å². The molecule has 96 valence electrons. The molecule has 0 radical (unpaired) electrons. The molecule has 17 heavy (non-hydrogen) atoms. The van der Waals surface area contributed by atoms with Gasteiger partial charge in [0.2, 0.25) is 0 Å². The average Bonchev–Trinajstić information content (AvgIpc) is 2.30. The van der Waals surface area contributed by atoms with E-state index in [2.05, 4.69) is 26.8 Å². The topological polar surface area (TPSA) is 9.23 Å². The summed E-state index contributed by atoms with van der Waals surface area (Å²) in [4.78, 5) is 0. The first-order valence-electron chi connectivity index (χ1n) is 6.57. The predicted octanol–water partition coefficient (Wildman–Crippen LogP) is 5.42. The van der Waals surface area contributed by atoms with Crippen LogP contribution in [0.4, 0.5) is 0 Å². The second-order valence-electron chi connectivity index (χ2n) is 4.75. The Balaban J connectivity index is 2.43. The van der Waals surface area contributed by atoms with Crippen LogP contribution in [0.2, 0.25) is 5.02 Å². The molecule has 2 heteroatoms. The van der Waals surface area contributed by atoms with Crippen molar-refractivity contribution in [1.82, 2.24) is 0 Å². The van der Waals surface area contributed by atoms with Gasteiger partial charge in [-0.05, 0) is 30.0 Å². The molecule has 1 rings (SSSR count). The van der Waals surface area contributed by atoms with Crippen molar-refractivity contribution in [3.05, 3.63) is 28.8 Å². The molecule has 0 bridgehead atoms. The molecule has 0 heterocycles. The molecule has 0 amide bonds. The van der Waals surface area contributed by atoms with Crippen molar-refractivity contribution >= 4 is 11.6 Å². The van der Waals surface area contributed by atoms with E-state index >= 15 is 0 Å². The summed E-state index contributed by atoms with van der Waals surface area (Å²) in [6.45, 7) is 7.30. The van der Waals surface area contributed by atoms with Gasteiger partial charge in [0, 0.05) is 0 Å². The van der Waals surface area contributed by atoms with Crippen molar-refractivity contribution in [2.75, 3.05) is 6.61 Å². The molecular formula is C15H23ClO. The molecule has 0 spiro atoms. The van der Waals surface area contributed by atoms with Crippen LogP contribution in [0.25, 0.3) is 0 Å². The van der Waals surface area contributed by atoms with Crippen LogP contribution >= 0.6 is 11.6 Å². The fourth-order valence-electron chi connectivity index (χ4n) is 1.70. The minimum absolute atomic E-state index is 0.506. The Labute approximate surface area is 110 Å². The van der Waals surface area contributed by atoms with Crippen LogP contribution in [-0.2, 0) is 0 Å². The van der Waals surface area contributed by atoms with Crippen molar-refractivity contribution in [3.8, 4) is 5.75 Å². The predicted molar refractivity (Wildman–Crippen MR) is 75.2 cm³/mol. The summed E-state index contributed by atoms with van der Waals surface area (Å²) < 4.78 is 5.69. The lowest BCUT2D eigenvalue weighted by molar-refractivity contribution is 0.305. The maximum atomic E-state index is 6.19. The third-order valence-electron chi connectivity index (χ3n) is 2.88. The van der Waals surface area contributed by atoms with Gasteiger partial charge in [-0.2, -0.15) is 0 Å². The molecule has 0 aliphatic rings. The molecule has 0 aliphatic heterocycles. The van der Waals surface area contributed by atoms with E-state index in [4.69, 9.17) is 16.3 Å². The Morgan fingerprint density at radius 3 is 2.53 bits per heavy atom. The van der Waals surface area contributed by atoms with Gasteiger partial charge < -0.3 is 4.74 Å². The van der Waals surface area contributed by atoms with Crippen molar-refractivity contribution in [2.24, 2.45) is 0 Å².